The summed E-state index contributed by atoms with van der Waals surface area (Å²) in [6.07, 6.45) is 0.508. The summed E-state index contributed by atoms with van der Waals surface area (Å²) in [6.45, 7) is 0. The zero-order valence-electron chi connectivity index (χ0n) is 17.6. The number of ether oxygens (including phenoxy) is 1. The third-order valence-electron chi connectivity index (χ3n) is 6.31. The van der Waals surface area contributed by atoms with E-state index < -0.39 is 5.54 Å². The number of hydrogen-bond acceptors (Lipinski definition) is 4. The van der Waals surface area contributed by atoms with Gasteiger partial charge >= 0.3 is 0 Å². The van der Waals surface area contributed by atoms with Crippen molar-refractivity contribution in [3.05, 3.63) is 89.5 Å². The Morgan fingerprint density at radius 3 is 2.62 bits per heavy atom. The number of nitriles is 1. The van der Waals surface area contributed by atoms with Crippen LogP contribution in [0, 0.1) is 16.7 Å². The molecule has 2 atom stereocenters. The van der Waals surface area contributed by atoms with E-state index in [2.05, 4.69) is 11.4 Å². The molecule has 32 heavy (non-hydrogen) atoms. The molecule has 1 saturated heterocycles. The first-order chi connectivity index (χ1) is 15.5. The van der Waals surface area contributed by atoms with Gasteiger partial charge in [-0.25, -0.2) is 0 Å². The molecule has 2 N–H and O–H groups in total. The van der Waals surface area contributed by atoms with E-state index in [0.29, 0.717) is 17.7 Å². The van der Waals surface area contributed by atoms with Crippen LogP contribution in [-0.4, -0.2) is 23.8 Å². The molecule has 1 fully saturated rings. The number of carbonyl (C=O) groups excluding carboxylic acids is 1. The first-order valence-corrected chi connectivity index (χ1v) is 10.5. The lowest BCUT2D eigenvalue weighted by molar-refractivity contribution is -0.130. The fraction of sp³-hybridized carbons (Fsp3) is 0.192. The summed E-state index contributed by atoms with van der Waals surface area (Å²) in [6, 6.07) is 25.5. The quantitative estimate of drug-likeness (QED) is 0.643. The molecule has 0 unspecified atom stereocenters. The minimum absolute atomic E-state index is 0.0813. The van der Waals surface area contributed by atoms with E-state index >= 15 is 0 Å². The van der Waals surface area contributed by atoms with E-state index in [1.807, 2.05) is 66.7 Å². The first-order valence-electron chi connectivity index (χ1n) is 10.5. The van der Waals surface area contributed by atoms with Gasteiger partial charge in [0.2, 0.25) is 5.91 Å². The largest absolute Gasteiger partial charge is 0.485 e. The van der Waals surface area contributed by atoms with Crippen LogP contribution in [0.25, 0.3) is 11.1 Å². The van der Waals surface area contributed by atoms with Crippen molar-refractivity contribution in [2.24, 2.45) is 0 Å². The number of amides is 1. The predicted molar refractivity (Wildman–Crippen MR) is 121 cm³/mol. The molecule has 0 aromatic heterocycles. The minimum Gasteiger partial charge on any atom is -0.485 e. The van der Waals surface area contributed by atoms with Crippen molar-refractivity contribution in [1.29, 1.82) is 10.7 Å². The van der Waals surface area contributed by atoms with Crippen LogP contribution < -0.4 is 10.1 Å². The van der Waals surface area contributed by atoms with E-state index in [4.69, 9.17) is 10.1 Å². The summed E-state index contributed by atoms with van der Waals surface area (Å²) in [5.41, 5.74) is 3.57. The molecule has 6 nitrogen and oxygen atoms in total. The Morgan fingerprint density at radius 2 is 1.88 bits per heavy atom. The zero-order valence-corrected chi connectivity index (χ0v) is 17.6. The van der Waals surface area contributed by atoms with E-state index in [0.717, 1.165) is 22.3 Å². The summed E-state index contributed by atoms with van der Waals surface area (Å²) in [5, 5.41) is 21.0. The summed E-state index contributed by atoms with van der Waals surface area (Å²) >= 11 is 0. The molecule has 158 valence electrons. The Kier molecular flexibility index (Phi) is 4.67. The Hall–Kier alpha value is -4.11. The molecule has 0 aliphatic carbocycles. The second-order valence-corrected chi connectivity index (χ2v) is 8.31. The van der Waals surface area contributed by atoms with Gasteiger partial charge in [-0.05, 0) is 41.0 Å². The van der Waals surface area contributed by atoms with Crippen LogP contribution in [0.1, 0.15) is 35.6 Å². The van der Waals surface area contributed by atoms with Crippen molar-refractivity contribution in [3.8, 4) is 22.9 Å². The van der Waals surface area contributed by atoms with Gasteiger partial charge in [0.15, 0.2) is 5.96 Å². The average molecular weight is 422 g/mol. The van der Waals surface area contributed by atoms with Crippen LogP contribution in [0.2, 0.25) is 0 Å². The third kappa shape index (κ3) is 3.28. The summed E-state index contributed by atoms with van der Waals surface area (Å²) in [4.78, 5) is 14.2. The highest BCUT2D eigenvalue weighted by Crippen LogP contribution is 2.48. The zero-order chi connectivity index (χ0) is 22.3. The van der Waals surface area contributed by atoms with Crippen molar-refractivity contribution in [3.63, 3.8) is 0 Å². The van der Waals surface area contributed by atoms with Gasteiger partial charge in [0.05, 0.1) is 23.6 Å². The number of nitrogens with zero attached hydrogens (tertiary/aromatic N) is 2. The van der Waals surface area contributed by atoms with Crippen molar-refractivity contribution >= 4 is 11.9 Å². The number of fused-ring (bicyclic) bond motifs is 2. The highest BCUT2D eigenvalue weighted by Gasteiger charge is 2.48. The monoisotopic (exact) mass is 422 g/mol. The number of carbonyl (C=O) groups is 1. The van der Waals surface area contributed by atoms with E-state index in [1.54, 1.807) is 13.1 Å². The Balaban J connectivity index is 1.64. The van der Waals surface area contributed by atoms with Crippen molar-refractivity contribution < 1.29 is 9.53 Å². The molecule has 6 heteroatoms. The third-order valence-corrected chi connectivity index (χ3v) is 6.31. The topological polar surface area (TPSA) is 89.2 Å². The van der Waals surface area contributed by atoms with Crippen LogP contribution in [0.5, 0.6) is 5.75 Å². The molecule has 2 aliphatic rings. The molecular weight excluding hydrogens is 400 g/mol. The molecule has 0 radical (unpaired) electrons. The van der Waals surface area contributed by atoms with Crippen molar-refractivity contribution in [2.45, 2.75) is 24.5 Å². The minimum atomic E-state index is -0.752. The van der Waals surface area contributed by atoms with Gasteiger partial charge in [-0.1, -0.05) is 48.5 Å². The number of nitrogens with one attached hydrogen (secondary N) is 2. The van der Waals surface area contributed by atoms with Crippen LogP contribution in [0.15, 0.2) is 72.8 Å². The summed E-state index contributed by atoms with van der Waals surface area (Å²) in [7, 11) is 1.61. The van der Waals surface area contributed by atoms with E-state index in [9.17, 15) is 10.1 Å². The lowest BCUT2D eigenvalue weighted by Crippen LogP contribution is -2.61. The fourth-order valence-electron chi connectivity index (χ4n) is 4.57. The molecule has 5 rings (SSSR count). The second-order valence-electron chi connectivity index (χ2n) is 8.31. The standard InChI is InChI=1S/C26H22N4O2/c1-30-24(31)15-26(29-25(30)28)14-23(18-7-3-2-4-8-18)32-22-11-10-20(13-21(22)26)19-9-5-6-17(12-19)16-27/h2-13,23H,14-15H2,1H3,(H2,28,29)/t23-,26-/m1/s1. The number of hydrogen-bond donors (Lipinski definition) is 2. The molecule has 0 saturated carbocycles. The molecule has 2 aliphatic heterocycles. The molecule has 1 amide bonds. The molecule has 3 aromatic carbocycles. The average Bonchev–Trinajstić information content (AvgIpc) is 2.83. The Morgan fingerprint density at radius 1 is 1.09 bits per heavy atom. The maximum absolute atomic E-state index is 12.8. The first kappa shape index (κ1) is 19.8. The smallest absolute Gasteiger partial charge is 0.231 e. The van der Waals surface area contributed by atoms with Crippen molar-refractivity contribution in [2.75, 3.05) is 7.05 Å². The van der Waals surface area contributed by atoms with Crippen LogP contribution >= 0.6 is 0 Å². The number of benzene rings is 3. The van der Waals surface area contributed by atoms with Gasteiger partial charge in [-0.15, -0.1) is 0 Å². The van der Waals surface area contributed by atoms with Gasteiger partial charge in [-0.2, -0.15) is 5.26 Å². The lowest BCUT2D eigenvalue weighted by Gasteiger charge is -2.47. The maximum Gasteiger partial charge on any atom is 0.231 e. The Labute approximate surface area is 186 Å². The van der Waals surface area contributed by atoms with Crippen LogP contribution in [0.3, 0.4) is 0 Å². The molecule has 3 aromatic rings. The molecule has 2 heterocycles. The summed E-state index contributed by atoms with van der Waals surface area (Å²) in [5.74, 6) is 0.672. The highest BCUT2D eigenvalue weighted by atomic mass is 16.5. The second kappa shape index (κ2) is 7.54. The number of rotatable bonds is 2. The van der Waals surface area contributed by atoms with E-state index in [-0.39, 0.29) is 24.4 Å². The lowest BCUT2D eigenvalue weighted by atomic mass is 9.76. The van der Waals surface area contributed by atoms with Crippen LogP contribution in [0.4, 0.5) is 0 Å². The fourth-order valence-corrected chi connectivity index (χ4v) is 4.57. The molecular formula is C26H22N4O2. The Bertz CT molecular complexity index is 1240. The normalized spacial score (nSPS) is 22.0. The maximum atomic E-state index is 12.8. The van der Waals surface area contributed by atoms with Gasteiger partial charge in [0.1, 0.15) is 11.9 Å². The van der Waals surface area contributed by atoms with Gasteiger partial charge in [0, 0.05) is 19.0 Å². The van der Waals surface area contributed by atoms with Crippen LogP contribution in [-0.2, 0) is 10.3 Å². The molecule has 0 bridgehead atoms. The van der Waals surface area contributed by atoms with Gasteiger partial charge in [0.25, 0.3) is 0 Å². The van der Waals surface area contributed by atoms with Gasteiger partial charge < -0.3 is 10.1 Å². The number of guanidine groups is 1. The summed E-state index contributed by atoms with van der Waals surface area (Å²) < 4.78 is 6.39. The van der Waals surface area contributed by atoms with Gasteiger partial charge in [-0.3, -0.25) is 15.1 Å². The van der Waals surface area contributed by atoms with Crippen molar-refractivity contribution in [1.82, 2.24) is 10.2 Å². The highest BCUT2D eigenvalue weighted by molar-refractivity contribution is 5.99. The SMILES string of the molecule is CN1C(=N)N[C@@]2(CC1=O)C[C@H](c1ccccc1)Oc1ccc(-c3cccc(C#N)c3)cc12. The van der Waals surface area contributed by atoms with E-state index in [1.165, 1.54) is 4.90 Å². The predicted octanol–water partition coefficient (Wildman–Crippen LogP) is 4.33. The molecule has 1 spiro atoms.